The number of aliphatic carboxylic acids is 1. The predicted molar refractivity (Wildman–Crippen MR) is 49.0 cm³/mol. The minimum Gasteiger partial charge on any atom is -0.481 e. The molecule has 5 nitrogen and oxygen atoms in total. The molecule has 0 saturated carbocycles. The number of ether oxygens (including phenoxy) is 1. The fourth-order valence-electron chi connectivity index (χ4n) is 2.97. The Bertz CT molecular complexity index is 391. The maximum absolute atomic E-state index is 11.8. The van der Waals surface area contributed by atoms with E-state index in [1.165, 1.54) is 0 Å². The molecule has 0 radical (unpaired) electrons. The van der Waals surface area contributed by atoms with Crippen LogP contribution in [0.15, 0.2) is 12.2 Å². The number of carbonyl (C=O) groups excluding carboxylic acids is 1. The molecule has 2 bridgehead atoms. The summed E-state index contributed by atoms with van der Waals surface area (Å²) in [6.45, 7) is 0.466. The Morgan fingerprint density at radius 2 is 2.47 bits per heavy atom. The Hall–Kier alpha value is -1.36. The van der Waals surface area contributed by atoms with Crippen LogP contribution in [0.2, 0.25) is 0 Å². The zero-order chi connectivity index (χ0) is 10.8. The maximum atomic E-state index is 11.8. The zero-order valence-corrected chi connectivity index (χ0v) is 8.21. The van der Waals surface area contributed by atoms with Crippen molar-refractivity contribution in [2.75, 3.05) is 13.6 Å². The van der Waals surface area contributed by atoms with E-state index in [-0.39, 0.29) is 5.91 Å². The monoisotopic (exact) mass is 209 g/mol. The molecule has 3 rings (SSSR count). The van der Waals surface area contributed by atoms with Crippen molar-refractivity contribution in [3.8, 4) is 0 Å². The van der Waals surface area contributed by atoms with Crippen molar-refractivity contribution in [1.82, 2.24) is 4.90 Å². The number of rotatable bonds is 1. The average molecular weight is 209 g/mol. The largest absolute Gasteiger partial charge is 0.481 e. The third-order valence-electron chi connectivity index (χ3n) is 3.57. The molecule has 3 aliphatic rings. The SMILES string of the molecule is CN1C[C@@]23C=C[C@@H](O2)[C@H](C(=O)O)[C@H]3C1=O. The van der Waals surface area contributed by atoms with Gasteiger partial charge >= 0.3 is 5.97 Å². The molecule has 1 amide bonds. The maximum Gasteiger partial charge on any atom is 0.310 e. The number of nitrogens with zero attached hydrogens (tertiary/aromatic N) is 1. The highest BCUT2D eigenvalue weighted by atomic mass is 16.5. The van der Waals surface area contributed by atoms with E-state index in [1.54, 1.807) is 18.0 Å². The molecule has 2 fully saturated rings. The average Bonchev–Trinajstić information content (AvgIpc) is 2.75. The Morgan fingerprint density at radius 1 is 1.73 bits per heavy atom. The molecule has 0 aromatic rings. The summed E-state index contributed by atoms with van der Waals surface area (Å²) in [5.74, 6) is -2.31. The van der Waals surface area contributed by atoms with Gasteiger partial charge < -0.3 is 14.7 Å². The van der Waals surface area contributed by atoms with Gasteiger partial charge in [0.15, 0.2) is 0 Å². The van der Waals surface area contributed by atoms with Crippen LogP contribution in [0.1, 0.15) is 0 Å². The van der Waals surface area contributed by atoms with Crippen LogP contribution in [0.4, 0.5) is 0 Å². The van der Waals surface area contributed by atoms with Crippen LogP contribution >= 0.6 is 0 Å². The lowest BCUT2D eigenvalue weighted by Crippen LogP contribution is -2.38. The topological polar surface area (TPSA) is 66.8 Å². The van der Waals surface area contributed by atoms with Gasteiger partial charge in [0.2, 0.25) is 5.91 Å². The van der Waals surface area contributed by atoms with Crippen molar-refractivity contribution in [2.45, 2.75) is 11.7 Å². The van der Waals surface area contributed by atoms with Gasteiger partial charge in [-0.1, -0.05) is 12.2 Å². The molecule has 1 N–H and O–H groups in total. The molecule has 1 spiro atoms. The number of likely N-dealkylation sites (tertiary alicyclic amines) is 1. The van der Waals surface area contributed by atoms with Gasteiger partial charge in [0.05, 0.1) is 18.6 Å². The van der Waals surface area contributed by atoms with E-state index in [2.05, 4.69) is 0 Å². The van der Waals surface area contributed by atoms with E-state index in [0.717, 1.165) is 0 Å². The number of hydrogen-bond donors (Lipinski definition) is 1. The second-order valence-electron chi connectivity index (χ2n) is 4.43. The van der Waals surface area contributed by atoms with Crippen molar-refractivity contribution in [2.24, 2.45) is 11.8 Å². The third kappa shape index (κ3) is 0.866. The number of fused-ring (bicyclic) bond motifs is 1. The molecule has 2 saturated heterocycles. The van der Waals surface area contributed by atoms with Crippen molar-refractivity contribution in [3.63, 3.8) is 0 Å². The minimum absolute atomic E-state index is 0.116. The van der Waals surface area contributed by atoms with E-state index in [1.807, 2.05) is 6.08 Å². The Balaban J connectivity index is 2.08. The number of carboxylic acid groups (broad SMARTS) is 1. The lowest BCUT2D eigenvalue weighted by Gasteiger charge is -2.21. The molecule has 5 heteroatoms. The standard InChI is InChI=1S/C10H11NO4/c1-11-4-10-3-2-5(15-10)6(9(13)14)7(10)8(11)12/h2-3,5-7H,4H2,1H3,(H,13,14)/t5-,6+,7+,10-/m1/s1. The number of carboxylic acids is 1. The Kier molecular flexibility index (Phi) is 1.43. The summed E-state index contributed by atoms with van der Waals surface area (Å²) in [6.07, 6.45) is 3.19. The van der Waals surface area contributed by atoms with Crippen LogP contribution in [-0.4, -0.2) is 47.2 Å². The molecular weight excluding hydrogens is 198 g/mol. The molecule has 0 aromatic heterocycles. The number of likely N-dealkylation sites (N-methyl/N-ethyl adjacent to an activating group) is 1. The van der Waals surface area contributed by atoms with E-state index in [4.69, 9.17) is 9.84 Å². The van der Waals surface area contributed by atoms with Crippen LogP contribution in [0.5, 0.6) is 0 Å². The molecule has 3 aliphatic heterocycles. The lowest BCUT2D eigenvalue weighted by molar-refractivity contribution is -0.147. The molecule has 80 valence electrons. The van der Waals surface area contributed by atoms with E-state index >= 15 is 0 Å². The predicted octanol–water partition coefficient (Wildman–Crippen LogP) is -0.517. The van der Waals surface area contributed by atoms with Crippen LogP contribution in [0, 0.1) is 11.8 Å². The van der Waals surface area contributed by atoms with E-state index < -0.39 is 29.5 Å². The third-order valence-corrected chi connectivity index (χ3v) is 3.57. The first-order chi connectivity index (χ1) is 7.05. The normalized spacial score (nSPS) is 46.3. The fraction of sp³-hybridized carbons (Fsp3) is 0.600. The highest BCUT2D eigenvalue weighted by Crippen LogP contribution is 2.51. The van der Waals surface area contributed by atoms with Gasteiger partial charge in [0.1, 0.15) is 11.5 Å². The van der Waals surface area contributed by atoms with Crippen LogP contribution in [0.25, 0.3) is 0 Å². The van der Waals surface area contributed by atoms with E-state index in [9.17, 15) is 9.59 Å². The minimum atomic E-state index is -0.945. The molecule has 0 aliphatic carbocycles. The quantitative estimate of drug-likeness (QED) is 0.590. The first-order valence-corrected chi connectivity index (χ1v) is 4.90. The smallest absolute Gasteiger partial charge is 0.310 e. The summed E-state index contributed by atoms with van der Waals surface area (Å²) in [7, 11) is 1.68. The molecule has 15 heavy (non-hydrogen) atoms. The van der Waals surface area contributed by atoms with Gasteiger partial charge in [-0.25, -0.2) is 0 Å². The van der Waals surface area contributed by atoms with Crippen molar-refractivity contribution >= 4 is 11.9 Å². The van der Waals surface area contributed by atoms with Crippen molar-refractivity contribution < 1.29 is 19.4 Å². The first kappa shape index (κ1) is 8.91. The van der Waals surface area contributed by atoms with Gasteiger partial charge in [-0.05, 0) is 0 Å². The number of hydrogen-bond acceptors (Lipinski definition) is 3. The zero-order valence-electron chi connectivity index (χ0n) is 8.21. The molecular formula is C10H11NO4. The lowest BCUT2D eigenvalue weighted by atomic mass is 9.77. The van der Waals surface area contributed by atoms with E-state index in [0.29, 0.717) is 6.54 Å². The van der Waals surface area contributed by atoms with Gasteiger partial charge in [-0.2, -0.15) is 0 Å². The van der Waals surface area contributed by atoms with Crippen molar-refractivity contribution in [3.05, 3.63) is 12.2 Å². The fourth-order valence-corrected chi connectivity index (χ4v) is 2.97. The highest BCUT2D eigenvalue weighted by Gasteiger charge is 2.66. The second kappa shape index (κ2) is 2.41. The summed E-state index contributed by atoms with van der Waals surface area (Å²) < 4.78 is 5.64. The second-order valence-corrected chi connectivity index (χ2v) is 4.43. The summed E-state index contributed by atoms with van der Waals surface area (Å²) in [5, 5.41) is 9.10. The highest BCUT2D eigenvalue weighted by molar-refractivity contribution is 5.90. The van der Waals surface area contributed by atoms with Gasteiger partial charge in [0, 0.05) is 7.05 Å². The number of amides is 1. The summed E-state index contributed by atoms with van der Waals surface area (Å²) in [5.41, 5.74) is -0.667. The summed E-state index contributed by atoms with van der Waals surface area (Å²) in [6, 6.07) is 0. The first-order valence-electron chi connectivity index (χ1n) is 4.90. The van der Waals surface area contributed by atoms with Gasteiger partial charge in [-0.15, -0.1) is 0 Å². The molecule has 0 aromatic carbocycles. The van der Waals surface area contributed by atoms with Gasteiger partial charge in [-0.3, -0.25) is 9.59 Å². The molecule has 4 atom stereocenters. The Labute approximate surface area is 86.3 Å². The summed E-state index contributed by atoms with van der Waals surface area (Å²) >= 11 is 0. The van der Waals surface area contributed by atoms with Crippen LogP contribution < -0.4 is 0 Å². The number of carbonyl (C=O) groups is 2. The van der Waals surface area contributed by atoms with Crippen LogP contribution in [0.3, 0.4) is 0 Å². The molecule has 0 unspecified atom stereocenters. The van der Waals surface area contributed by atoms with Crippen LogP contribution in [-0.2, 0) is 14.3 Å². The Morgan fingerprint density at radius 3 is 3.13 bits per heavy atom. The summed E-state index contributed by atoms with van der Waals surface area (Å²) in [4.78, 5) is 24.5. The molecule has 3 heterocycles. The van der Waals surface area contributed by atoms with Crippen molar-refractivity contribution in [1.29, 1.82) is 0 Å². The van der Waals surface area contributed by atoms with Gasteiger partial charge in [0.25, 0.3) is 0 Å².